The summed E-state index contributed by atoms with van der Waals surface area (Å²) in [5.41, 5.74) is 9.90. The molecule has 0 unspecified atom stereocenters. The standard InChI is InChI=1S/C52H31NOS2/c1-2-12-32(13-3-1)33-24-26-35(27-25-33)53(45-21-11-19-41-39-17-7-9-23-48(39)56-52(41)45)36-28-29-46-43(31-36)44-30-34-14-4-5-15-37(34)49(50(44)54-46)42-20-10-18-40-38-16-6-8-22-47(38)55-51(40)42/h1-31H. The van der Waals surface area contributed by atoms with Crippen LogP contribution in [-0.2, 0) is 0 Å². The Morgan fingerprint density at radius 2 is 1.00 bits per heavy atom. The van der Waals surface area contributed by atoms with Crippen molar-refractivity contribution in [1.82, 2.24) is 0 Å². The van der Waals surface area contributed by atoms with E-state index in [9.17, 15) is 0 Å². The molecular formula is C52H31NOS2. The van der Waals surface area contributed by atoms with Crippen LogP contribution in [0, 0.1) is 0 Å². The summed E-state index contributed by atoms with van der Waals surface area (Å²) in [5, 5.41) is 9.76. The Morgan fingerprint density at radius 1 is 0.393 bits per heavy atom. The summed E-state index contributed by atoms with van der Waals surface area (Å²) in [6.07, 6.45) is 0. The number of rotatable bonds is 5. The molecule has 0 saturated heterocycles. The second-order valence-corrected chi connectivity index (χ2v) is 16.5. The second kappa shape index (κ2) is 12.4. The van der Waals surface area contributed by atoms with E-state index in [1.54, 1.807) is 0 Å². The van der Waals surface area contributed by atoms with E-state index in [1.807, 2.05) is 22.7 Å². The molecule has 0 atom stereocenters. The minimum absolute atomic E-state index is 0.878. The number of hydrogen-bond donors (Lipinski definition) is 0. The molecule has 2 nitrogen and oxygen atoms in total. The van der Waals surface area contributed by atoms with E-state index in [-0.39, 0.29) is 0 Å². The maximum absolute atomic E-state index is 6.98. The molecule has 0 spiro atoms. The van der Waals surface area contributed by atoms with Crippen molar-refractivity contribution >= 4 is 113 Å². The van der Waals surface area contributed by atoms with Gasteiger partial charge in [-0.1, -0.05) is 133 Å². The number of fused-ring (bicyclic) bond motifs is 10. The lowest BCUT2D eigenvalue weighted by molar-refractivity contribution is 0.670. The van der Waals surface area contributed by atoms with Crippen molar-refractivity contribution in [3.63, 3.8) is 0 Å². The number of thiophene rings is 2. The molecule has 0 fully saturated rings. The molecule has 262 valence electrons. The molecule has 3 aromatic heterocycles. The first-order valence-corrected chi connectivity index (χ1v) is 20.5. The van der Waals surface area contributed by atoms with Crippen molar-refractivity contribution in [3.8, 4) is 22.3 Å². The number of nitrogens with zero attached hydrogens (tertiary/aromatic N) is 1. The van der Waals surface area contributed by atoms with Crippen molar-refractivity contribution in [2.45, 2.75) is 0 Å². The smallest absolute Gasteiger partial charge is 0.143 e. The molecule has 0 aliphatic heterocycles. The number of furan rings is 1. The fourth-order valence-corrected chi connectivity index (χ4v) is 11.1. The summed E-state index contributed by atoms with van der Waals surface area (Å²) >= 11 is 3.72. The Kier molecular flexibility index (Phi) is 7.00. The third-order valence-electron chi connectivity index (χ3n) is 11.3. The van der Waals surface area contributed by atoms with Crippen molar-refractivity contribution in [1.29, 1.82) is 0 Å². The van der Waals surface area contributed by atoms with E-state index in [4.69, 9.17) is 4.42 Å². The fraction of sp³-hybridized carbons (Fsp3) is 0. The van der Waals surface area contributed by atoms with Gasteiger partial charge in [0.2, 0.25) is 0 Å². The molecule has 56 heavy (non-hydrogen) atoms. The van der Waals surface area contributed by atoms with Crippen LogP contribution in [0.4, 0.5) is 17.1 Å². The lowest BCUT2D eigenvalue weighted by Crippen LogP contribution is -2.10. The zero-order valence-electron chi connectivity index (χ0n) is 30.1. The van der Waals surface area contributed by atoms with Gasteiger partial charge in [0.1, 0.15) is 11.2 Å². The lowest BCUT2D eigenvalue weighted by Gasteiger charge is -2.26. The summed E-state index contributed by atoms with van der Waals surface area (Å²) < 4.78 is 12.1. The van der Waals surface area contributed by atoms with Gasteiger partial charge in [-0.05, 0) is 76.5 Å². The van der Waals surface area contributed by atoms with Crippen LogP contribution < -0.4 is 4.90 Å². The van der Waals surface area contributed by atoms with E-state index in [2.05, 4.69) is 193 Å². The maximum Gasteiger partial charge on any atom is 0.143 e. The second-order valence-electron chi connectivity index (χ2n) is 14.4. The Hall–Kier alpha value is -6.72. The highest BCUT2D eigenvalue weighted by molar-refractivity contribution is 7.26. The van der Waals surface area contributed by atoms with Crippen molar-refractivity contribution in [3.05, 3.63) is 188 Å². The summed E-state index contributed by atoms with van der Waals surface area (Å²) in [6, 6.07) is 68.2. The van der Waals surface area contributed by atoms with Crippen LogP contribution in [0.3, 0.4) is 0 Å². The molecule has 0 aliphatic carbocycles. The van der Waals surface area contributed by atoms with Gasteiger partial charge in [-0.3, -0.25) is 0 Å². The highest BCUT2D eigenvalue weighted by Gasteiger charge is 2.23. The van der Waals surface area contributed by atoms with E-state index in [0.29, 0.717) is 0 Å². The maximum atomic E-state index is 6.98. The van der Waals surface area contributed by atoms with Gasteiger partial charge < -0.3 is 9.32 Å². The minimum Gasteiger partial charge on any atom is -0.455 e. The average Bonchev–Trinajstić information content (AvgIpc) is 3.95. The summed E-state index contributed by atoms with van der Waals surface area (Å²) in [6.45, 7) is 0. The average molecular weight is 750 g/mol. The van der Waals surface area contributed by atoms with Gasteiger partial charge in [0.15, 0.2) is 0 Å². The highest BCUT2D eigenvalue weighted by atomic mass is 32.1. The van der Waals surface area contributed by atoms with Crippen molar-refractivity contribution in [2.75, 3.05) is 4.90 Å². The van der Waals surface area contributed by atoms with E-state index >= 15 is 0 Å². The van der Waals surface area contributed by atoms with Crippen molar-refractivity contribution in [2.24, 2.45) is 0 Å². The minimum atomic E-state index is 0.878. The highest BCUT2D eigenvalue weighted by Crippen LogP contribution is 2.49. The zero-order chi connectivity index (χ0) is 36.7. The quantitative estimate of drug-likeness (QED) is 0.174. The molecular weight excluding hydrogens is 719 g/mol. The predicted octanol–water partition coefficient (Wildman–Crippen LogP) is 16.3. The Labute approximate surface area is 330 Å². The van der Waals surface area contributed by atoms with E-state index < -0.39 is 0 Å². The molecule has 0 saturated carbocycles. The van der Waals surface area contributed by atoms with Gasteiger partial charge in [0, 0.05) is 68.9 Å². The lowest BCUT2D eigenvalue weighted by atomic mass is 9.94. The molecule has 12 rings (SSSR count). The first-order chi connectivity index (χ1) is 27.8. The van der Waals surface area contributed by atoms with Gasteiger partial charge in [0.05, 0.1) is 10.4 Å². The van der Waals surface area contributed by atoms with Gasteiger partial charge >= 0.3 is 0 Å². The molecule has 0 amide bonds. The van der Waals surface area contributed by atoms with Gasteiger partial charge in [-0.15, -0.1) is 22.7 Å². The van der Waals surface area contributed by atoms with Crippen LogP contribution in [0.2, 0.25) is 0 Å². The predicted molar refractivity (Wildman–Crippen MR) is 243 cm³/mol. The summed E-state index contributed by atoms with van der Waals surface area (Å²) in [7, 11) is 0. The Bertz CT molecular complexity index is 3480. The summed E-state index contributed by atoms with van der Waals surface area (Å²) in [5.74, 6) is 0. The number of hydrogen-bond acceptors (Lipinski definition) is 4. The van der Waals surface area contributed by atoms with Crippen LogP contribution in [0.15, 0.2) is 192 Å². The van der Waals surface area contributed by atoms with Gasteiger partial charge in [0.25, 0.3) is 0 Å². The number of anilines is 3. The Balaban J connectivity index is 1.11. The molecule has 0 N–H and O–H groups in total. The third kappa shape index (κ3) is 4.80. The normalized spacial score (nSPS) is 11.9. The van der Waals surface area contributed by atoms with Crippen LogP contribution in [-0.4, -0.2) is 0 Å². The monoisotopic (exact) mass is 749 g/mol. The fourth-order valence-electron chi connectivity index (χ4n) is 8.68. The SMILES string of the molecule is c1ccc(-c2ccc(N(c3ccc4oc5c(-c6cccc7c6sc6ccccc67)c6ccccc6cc5c4c3)c3cccc4c3sc3ccccc34)cc2)cc1. The Morgan fingerprint density at radius 3 is 1.79 bits per heavy atom. The van der Waals surface area contributed by atoms with Gasteiger partial charge in [-0.25, -0.2) is 0 Å². The van der Waals surface area contributed by atoms with Crippen LogP contribution in [0.25, 0.3) is 95.3 Å². The molecule has 0 radical (unpaired) electrons. The van der Waals surface area contributed by atoms with Crippen LogP contribution >= 0.6 is 22.7 Å². The topological polar surface area (TPSA) is 16.4 Å². The summed E-state index contributed by atoms with van der Waals surface area (Å²) in [4.78, 5) is 2.42. The molecule has 3 heterocycles. The molecule has 12 aromatic rings. The van der Waals surface area contributed by atoms with Crippen LogP contribution in [0.5, 0.6) is 0 Å². The van der Waals surface area contributed by atoms with Crippen LogP contribution in [0.1, 0.15) is 0 Å². The van der Waals surface area contributed by atoms with Crippen molar-refractivity contribution < 1.29 is 4.42 Å². The van der Waals surface area contributed by atoms with Gasteiger partial charge in [-0.2, -0.15) is 0 Å². The first-order valence-electron chi connectivity index (χ1n) is 18.9. The first kappa shape index (κ1) is 31.6. The molecule has 0 bridgehead atoms. The molecule has 0 aliphatic rings. The largest absolute Gasteiger partial charge is 0.455 e. The molecule has 4 heteroatoms. The van der Waals surface area contributed by atoms with E-state index in [0.717, 1.165) is 44.6 Å². The molecule has 9 aromatic carbocycles. The van der Waals surface area contributed by atoms with E-state index in [1.165, 1.54) is 67.8 Å². The number of benzene rings is 9. The zero-order valence-corrected chi connectivity index (χ0v) is 31.7. The third-order valence-corrected chi connectivity index (χ3v) is 13.7.